The lowest BCUT2D eigenvalue weighted by atomic mass is 9.73. The molecule has 2 rings (SSSR count). The van der Waals surface area contributed by atoms with Crippen LogP contribution in [0.2, 0.25) is 0 Å². The van der Waals surface area contributed by atoms with E-state index in [1.165, 1.54) is 11.1 Å². The van der Waals surface area contributed by atoms with Crippen molar-refractivity contribution < 1.29 is 4.79 Å². The van der Waals surface area contributed by atoms with E-state index in [1.807, 2.05) is 11.9 Å². The maximum absolute atomic E-state index is 12.7. The average Bonchev–Trinajstić information content (AvgIpc) is 2.51. The molecular weight excluding hydrogens is 222 g/mol. The van der Waals surface area contributed by atoms with E-state index in [2.05, 4.69) is 38.1 Å². The number of likely N-dealkylation sites (tertiary alicyclic amines) is 1. The Hall–Kier alpha value is -1.31. The number of benzene rings is 1. The summed E-state index contributed by atoms with van der Waals surface area (Å²) in [6.07, 6.45) is 4.13. The topological polar surface area (TPSA) is 20.3 Å². The van der Waals surface area contributed by atoms with E-state index in [9.17, 15) is 4.79 Å². The molecule has 0 spiro atoms. The van der Waals surface area contributed by atoms with Crippen molar-refractivity contribution in [2.75, 3.05) is 13.6 Å². The Morgan fingerprint density at radius 2 is 2.11 bits per heavy atom. The lowest BCUT2D eigenvalue weighted by molar-refractivity contribution is -0.135. The smallest absolute Gasteiger partial charge is 0.232 e. The summed E-state index contributed by atoms with van der Waals surface area (Å²) in [7, 11) is 1.94. The molecule has 0 aliphatic carbocycles. The molecule has 2 nitrogen and oxygen atoms in total. The maximum atomic E-state index is 12.7. The van der Waals surface area contributed by atoms with Gasteiger partial charge < -0.3 is 4.90 Å². The van der Waals surface area contributed by atoms with Gasteiger partial charge in [-0.3, -0.25) is 4.79 Å². The predicted octanol–water partition coefficient (Wildman–Crippen LogP) is 3.29. The van der Waals surface area contributed by atoms with E-state index in [0.717, 1.165) is 32.2 Å². The van der Waals surface area contributed by atoms with Gasteiger partial charge in [0.05, 0.1) is 5.41 Å². The number of aryl methyl sites for hydroxylation is 1. The van der Waals surface area contributed by atoms with Gasteiger partial charge in [-0.25, -0.2) is 0 Å². The molecule has 1 saturated heterocycles. The van der Waals surface area contributed by atoms with Crippen molar-refractivity contribution in [3.8, 4) is 0 Å². The summed E-state index contributed by atoms with van der Waals surface area (Å²) in [4.78, 5) is 14.7. The number of carbonyl (C=O) groups excluding carboxylic acids is 1. The van der Waals surface area contributed by atoms with Crippen molar-refractivity contribution in [1.29, 1.82) is 0 Å². The summed E-state index contributed by atoms with van der Waals surface area (Å²) < 4.78 is 0. The third-order valence-corrected chi connectivity index (χ3v) is 4.28. The van der Waals surface area contributed by atoms with Crippen molar-refractivity contribution in [2.24, 2.45) is 0 Å². The minimum atomic E-state index is -0.294. The standard InChI is InChI=1S/C16H23NO/c1-4-16(14-9-7-8-13(2)12-14)10-5-6-11-17(3)15(16)18/h7-9,12H,4-6,10-11H2,1-3H3. The summed E-state index contributed by atoms with van der Waals surface area (Å²) in [5.74, 6) is 0.299. The molecule has 0 saturated carbocycles. The Morgan fingerprint density at radius 3 is 2.78 bits per heavy atom. The predicted molar refractivity (Wildman–Crippen MR) is 74.6 cm³/mol. The molecule has 1 aliphatic heterocycles. The fourth-order valence-corrected chi connectivity index (χ4v) is 3.09. The molecular formula is C16H23NO. The molecule has 1 fully saturated rings. The van der Waals surface area contributed by atoms with Crippen LogP contribution in [-0.2, 0) is 10.2 Å². The monoisotopic (exact) mass is 245 g/mol. The number of likely N-dealkylation sites (N-methyl/N-ethyl adjacent to an activating group) is 1. The van der Waals surface area contributed by atoms with Crippen LogP contribution in [0.3, 0.4) is 0 Å². The first kappa shape index (κ1) is 13.1. The third kappa shape index (κ3) is 2.16. The van der Waals surface area contributed by atoms with Gasteiger partial charge in [-0.15, -0.1) is 0 Å². The van der Waals surface area contributed by atoms with E-state index in [0.29, 0.717) is 5.91 Å². The van der Waals surface area contributed by atoms with Crippen molar-refractivity contribution in [1.82, 2.24) is 4.90 Å². The van der Waals surface area contributed by atoms with Crippen LogP contribution in [0.1, 0.15) is 43.7 Å². The van der Waals surface area contributed by atoms with Gasteiger partial charge in [0.15, 0.2) is 0 Å². The number of rotatable bonds is 2. The second kappa shape index (κ2) is 5.13. The lowest BCUT2D eigenvalue weighted by Gasteiger charge is -2.33. The second-order valence-electron chi connectivity index (χ2n) is 5.49. The molecule has 0 radical (unpaired) electrons. The van der Waals surface area contributed by atoms with Gasteiger partial charge in [0.1, 0.15) is 0 Å². The molecule has 1 amide bonds. The molecule has 2 heteroatoms. The van der Waals surface area contributed by atoms with Gasteiger partial charge in [0.25, 0.3) is 0 Å². The van der Waals surface area contributed by atoms with Crippen LogP contribution in [0.4, 0.5) is 0 Å². The number of carbonyl (C=O) groups is 1. The summed E-state index contributed by atoms with van der Waals surface area (Å²) in [6, 6.07) is 8.46. The number of nitrogens with zero attached hydrogens (tertiary/aromatic N) is 1. The van der Waals surface area contributed by atoms with Crippen LogP contribution in [0.15, 0.2) is 24.3 Å². The van der Waals surface area contributed by atoms with Crippen LogP contribution in [0, 0.1) is 6.92 Å². The van der Waals surface area contributed by atoms with Crippen molar-refractivity contribution in [2.45, 2.75) is 44.9 Å². The molecule has 0 bridgehead atoms. The van der Waals surface area contributed by atoms with Crippen molar-refractivity contribution in [3.05, 3.63) is 35.4 Å². The van der Waals surface area contributed by atoms with E-state index < -0.39 is 0 Å². The van der Waals surface area contributed by atoms with Gasteiger partial charge in [-0.05, 0) is 31.7 Å². The van der Waals surface area contributed by atoms with Crippen molar-refractivity contribution >= 4 is 5.91 Å². The molecule has 1 atom stereocenters. The highest BCUT2D eigenvalue weighted by Gasteiger charge is 2.41. The van der Waals surface area contributed by atoms with Crippen molar-refractivity contribution in [3.63, 3.8) is 0 Å². The summed E-state index contributed by atoms with van der Waals surface area (Å²) >= 11 is 0. The molecule has 98 valence electrons. The first-order chi connectivity index (χ1) is 8.60. The largest absolute Gasteiger partial charge is 0.345 e. The summed E-state index contributed by atoms with van der Waals surface area (Å²) in [6.45, 7) is 5.13. The summed E-state index contributed by atoms with van der Waals surface area (Å²) in [5, 5.41) is 0. The highest BCUT2D eigenvalue weighted by molar-refractivity contribution is 5.88. The van der Waals surface area contributed by atoms with Gasteiger partial charge in [0, 0.05) is 13.6 Å². The third-order valence-electron chi connectivity index (χ3n) is 4.28. The fourth-order valence-electron chi connectivity index (χ4n) is 3.09. The molecule has 1 unspecified atom stereocenters. The van der Waals surface area contributed by atoms with E-state index in [-0.39, 0.29) is 5.41 Å². The zero-order chi connectivity index (χ0) is 13.2. The normalized spacial score (nSPS) is 25.1. The first-order valence-electron chi connectivity index (χ1n) is 6.93. The minimum Gasteiger partial charge on any atom is -0.345 e. The first-order valence-corrected chi connectivity index (χ1v) is 6.93. The SMILES string of the molecule is CCC1(c2cccc(C)c2)CCCCN(C)C1=O. The fraction of sp³-hybridized carbons (Fsp3) is 0.562. The second-order valence-corrected chi connectivity index (χ2v) is 5.49. The molecule has 0 aromatic heterocycles. The number of hydrogen-bond acceptors (Lipinski definition) is 1. The summed E-state index contributed by atoms with van der Waals surface area (Å²) in [5.41, 5.74) is 2.14. The lowest BCUT2D eigenvalue weighted by Crippen LogP contribution is -2.43. The van der Waals surface area contributed by atoms with Crippen LogP contribution in [0.5, 0.6) is 0 Å². The van der Waals surface area contributed by atoms with Crippen LogP contribution >= 0.6 is 0 Å². The molecule has 18 heavy (non-hydrogen) atoms. The molecule has 1 heterocycles. The Morgan fingerprint density at radius 1 is 1.33 bits per heavy atom. The number of hydrogen-bond donors (Lipinski definition) is 0. The average molecular weight is 245 g/mol. The Labute approximate surface area is 110 Å². The van der Waals surface area contributed by atoms with Gasteiger partial charge >= 0.3 is 0 Å². The number of amides is 1. The van der Waals surface area contributed by atoms with Crippen LogP contribution in [-0.4, -0.2) is 24.4 Å². The highest BCUT2D eigenvalue weighted by atomic mass is 16.2. The highest BCUT2D eigenvalue weighted by Crippen LogP contribution is 2.37. The molecule has 0 N–H and O–H groups in total. The van der Waals surface area contributed by atoms with Crippen LogP contribution < -0.4 is 0 Å². The van der Waals surface area contributed by atoms with E-state index in [1.54, 1.807) is 0 Å². The Kier molecular flexibility index (Phi) is 3.74. The maximum Gasteiger partial charge on any atom is 0.232 e. The van der Waals surface area contributed by atoms with E-state index in [4.69, 9.17) is 0 Å². The Balaban J connectivity index is 2.48. The molecule has 1 aromatic rings. The van der Waals surface area contributed by atoms with Gasteiger partial charge in [0.2, 0.25) is 5.91 Å². The zero-order valence-corrected chi connectivity index (χ0v) is 11.7. The molecule has 1 aliphatic rings. The Bertz CT molecular complexity index is 440. The van der Waals surface area contributed by atoms with Gasteiger partial charge in [-0.2, -0.15) is 0 Å². The zero-order valence-electron chi connectivity index (χ0n) is 11.7. The quantitative estimate of drug-likeness (QED) is 0.783. The molecule has 1 aromatic carbocycles. The van der Waals surface area contributed by atoms with Crippen LogP contribution in [0.25, 0.3) is 0 Å². The minimum absolute atomic E-state index is 0.294. The van der Waals surface area contributed by atoms with E-state index >= 15 is 0 Å². The van der Waals surface area contributed by atoms with Gasteiger partial charge in [-0.1, -0.05) is 43.2 Å².